The molecule has 0 bridgehead atoms. The van der Waals surface area contributed by atoms with Crippen LogP contribution in [0.4, 0.5) is 0 Å². The lowest BCUT2D eigenvalue weighted by atomic mass is 10.1. The quantitative estimate of drug-likeness (QED) is 0.236. The van der Waals surface area contributed by atoms with Gasteiger partial charge in [-0.05, 0) is 13.0 Å². The number of carbonyl (C=O) groups excluding carboxylic acids is 1. The van der Waals surface area contributed by atoms with Crippen LogP contribution in [0.25, 0.3) is 0 Å². The van der Waals surface area contributed by atoms with E-state index in [9.17, 15) is 4.79 Å². The highest BCUT2D eigenvalue weighted by molar-refractivity contribution is 5.77. The molecule has 0 spiro atoms. The van der Waals surface area contributed by atoms with Crippen LogP contribution in [0.1, 0.15) is 71.1 Å². The van der Waals surface area contributed by atoms with E-state index in [-0.39, 0.29) is 5.91 Å². The minimum absolute atomic E-state index is 0.0897. The van der Waals surface area contributed by atoms with Gasteiger partial charge in [-0.25, -0.2) is 5.84 Å². The summed E-state index contributed by atoms with van der Waals surface area (Å²) in [4.78, 5) is 15.9. The van der Waals surface area contributed by atoms with Crippen LogP contribution in [0.15, 0.2) is 0 Å². The molecule has 5 heteroatoms. The van der Waals surface area contributed by atoms with Crippen LogP contribution in [0.2, 0.25) is 0 Å². The van der Waals surface area contributed by atoms with Gasteiger partial charge in [0, 0.05) is 26.2 Å². The summed E-state index contributed by atoms with van der Waals surface area (Å²) in [5, 5.41) is 0. The van der Waals surface area contributed by atoms with E-state index in [4.69, 9.17) is 5.84 Å². The van der Waals surface area contributed by atoms with Gasteiger partial charge in [0.2, 0.25) is 5.91 Å². The Labute approximate surface area is 142 Å². The maximum atomic E-state index is 11.2. The average molecular weight is 327 g/mol. The third kappa shape index (κ3) is 10.7. The zero-order valence-electron chi connectivity index (χ0n) is 15.2. The van der Waals surface area contributed by atoms with Crippen LogP contribution in [0.3, 0.4) is 0 Å². The SMILES string of the molecule is CCCCCCCCCCCCN1CCN(CC(=O)NN)CC1. The molecule has 0 aromatic carbocycles. The first kappa shape index (κ1) is 20.4. The third-order valence-corrected chi connectivity index (χ3v) is 4.82. The summed E-state index contributed by atoms with van der Waals surface area (Å²) in [6, 6.07) is 0. The van der Waals surface area contributed by atoms with Crippen molar-refractivity contribution in [2.24, 2.45) is 5.84 Å². The van der Waals surface area contributed by atoms with Crippen molar-refractivity contribution in [2.45, 2.75) is 71.1 Å². The highest BCUT2D eigenvalue weighted by atomic mass is 16.2. The summed E-state index contributed by atoms with van der Waals surface area (Å²) in [6.07, 6.45) is 13.9. The number of nitrogens with two attached hydrogens (primary N) is 1. The average Bonchev–Trinajstić information content (AvgIpc) is 2.58. The molecule has 5 nitrogen and oxygen atoms in total. The van der Waals surface area contributed by atoms with Crippen LogP contribution < -0.4 is 11.3 Å². The second-order valence-electron chi connectivity index (χ2n) is 6.87. The molecule has 0 aromatic heterocycles. The zero-order chi connectivity index (χ0) is 16.8. The molecule has 0 radical (unpaired) electrons. The topological polar surface area (TPSA) is 61.6 Å². The van der Waals surface area contributed by atoms with E-state index < -0.39 is 0 Å². The zero-order valence-corrected chi connectivity index (χ0v) is 15.2. The van der Waals surface area contributed by atoms with Crippen LogP contribution in [0.5, 0.6) is 0 Å². The van der Waals surface area contributed by atoms with E-state index in [1.807, 2.05) is 0 Å². The monoisotopic (exact) mass is 326 g/mol. The largest absolute Gasteiger partial charge is 0.301 e. The van der Waals surface area contributed by atoms with E-state index in [0.29, 0.717) is 6.54 Å². The van der Waals surface area contributed by atoms with Gasteiger partial charge < -0.3 is 4.90 Å². The summed E-state index contributed by atoms with van der Waals surface area (Å²) in [5.41, 5.74) is 2.20. The predicted molar refractivity (Wildman–Crippen MR) is 97.1 cm³/mol. The summed E-state index contributed by atoms with van der Waals surface area (Å²) in [7, 11) is 0. The fourth-order valence-electron chi connectivity index (χ4n) is 3.24. The molecule has 136 valence electrons. The van der Waals surface area contributed by atoms with Gasteiger partial charge in [-0.15, -0.1) is 0 Å². The molecule has 23 heavy (non-hydrogen) atoms. The van der Waals surface area contributed by atoms with Crippen LogP contribution in [-0.2, 0) is 4.79 Å². The van der Waals surface area contributed by atoms with E-state index in [0.717, 1.165) is 26.2 Å². The predicted octanol–water partition coefficient (Wildman–Crippen LogP) is 2.51. The number of rotatable bonds is 13. The smallest absolute Gasteiger partial charge is 0.248 e. The van der Waals surface area contributed by atoms with Gasteiger partial charge in [0.1, 0.15) is 0 Å². The molecule has 0 atom stereocenters. The number of carbonyl (C=O) groups is 1. The highest BCUT2D eigenvalue weighted by Gasteiger charge is 2.17. The first-order valence-corrected chi connectivity index (χ1v) is 9.70. The van der Waals surface area contributed by atoms with Gasteiger partial charge in [-0.2, -0.15) is 0 Å². The highest BCUT2D eigenvalue weighted by Crippen LogP contribution is 2.11. The maximum Gasteiger partial charge on any atom is 0.248 e. The van der Waals surface area contributed by atoms with Gasteiger partial charge in [0.15, 0.2) is 0 Å². The van der Waals surface area contributed by atoms with Crippen molar-refractivity contribution in [2.75, 3.05) is 39.3 Å². The Bertz CT molecular complexity index is 291. The molecular weight excluding hydrogens is 288 g/mol. The van der Waals surface area contributed by atoms with Gasteiger partial charge in [0.05, 0.1) is 6.54 Å². The third-order valence-electron chi connectivity index (χ3n) is 4.82. The molecule has 3 N–H and O–H groups in total. The molecule has 1 rings (SSSR count). The van der Waals surface area contributed by atoms with Crippen molar-refractivity contribution in [3.8, 4) is 0 Å². The van der Waals surface area contributed by atoms with E-state index in [2.05, 4.69) is 22.1 Å². The number of hydrogen-bond acceptors (Lipinski definition) is 4. The van der Waals surface area contributed by atoms with Crippen LogP contribution >= 0.6 is 0 Å². The number of hydrazine groups is 1. The lowest BCUT2D eigenvalue weighted by molar-refractivity contribution is -0.122. The van der Waals surface area contributed by atoms with Crippen molar-refractivity contribution in [1.82, 2.24) is 15.2 Å². The Balaban J connectivity index is 1.87. The summed E-state index contributed by atoms with van der Waals surface area (Å²) in [6.45, 7) is 8.04. The molecule has 1 heterocycles. The molecule has 0 aliphatic carbocycles. The Morgan fingerprint density at radius 3 is 1.83 bits per heavy atom. The van der Waals surface area contributed by atoms with Crippen molar-refractivity contribution in [3.05, 3.63) is 0 Å². The fraction of sp³-hybridized carbons (Fsp3) is 0.944. The summed E-state index contributed by atoms with van der Waals surface area (Å²) in [5.74, 6) is 5.04. The second-order valence-corrected chi connectivity index (χ2v) is 6.87. The molecule has 1 aliphatic heterocycles. The molecule has 1 amide bonds. The molecule has 1 fully saturated rings. The maximum absolute atomic E-state index is 11.2. The Hall–Kier alpha value is -0.650. The minimum Gasteiger partial charge on any atom is -0.301 e. The van der Waals surface area contributed by atoms with Gasteiger partial charge in [-0.1, -0.05) is 64.7 Å². The lowest BCUT2D eigenvalue weighted by Gasteiger charge is -2.34. The Morgan fingerprint density at radius 1 is 0.826 bits per heavy atom. The standard InChI is InChI=1S/C18H38N4O/c1-2-3-4-5-6-7-8-9-10-11-12-21-13-15-22(16-14-21)17-18(23)20-19/h2-17,19H2,1H3,(H,20,23). The molecule has 1 saturated heterocycles. The van der Waals surface area contributed by atoms with Gasteiger partial charge in [0.25, 0.3) is 0 Å². The molecule has 0 unspecified atom stereocenters. The Kier molecular flexibility index (Phi) is 12.2. The molecule has 0 saturated carbocycles. The first-order valence-electron chi connectivity index (χ1n) is 9.70. The van der Waals surface area contributed by atoms with Gasteiger partial charge in [-0.3, -0.25) is 15.1 Å². The van der Waals surface area contributed by atoms with Crippen LogP contribution in [0, 0.1) is 0 Å². The van der Waals surface area contributed by atoms with Crippen molar-refractivity contribution in [3.63, 3.8) is 0 Å². The fourth-order valence-corrected chi connectivity index (χ4v) is 3.24. The minimum atomic E-state index is -0.0897. The van der Waals surface area contributed by atoms with E-state index >= 15 is 0 Å². The first-order chi connectivity index (χ1) is 11.3. The van der Waals surface area contributed by atoms with Crippen molar-refractivity contribution >= 4 is 5.91 Å². The molecule has 0 aromatic rings. The Morgan fingerprint density at radius 2 is 1.30 bits per heavy atom. The molecular formula is C18H38N4O. The van der Waals surface area contributed by atoms with E-state index in [1.54, 1.807) is 0 Å². The normalized spacial score (nSPS) is 16.6. The number of nitrogens with one attached hydrogen (secondary N) is 1. The van der Waals surface area contributed by atoms with E-state index in [1.165, 1.54) is 70.8 Å². The number of unbranched alkanes of at least 4 members (excludes halogenated alkanes) is 9. The lowest BCUT2D eigenvalue weighted by Crippen LogP contribution is -2.50. The summed E-state index contributed by atoms with van der Waals surface area (Å²) >= 11 is 0. The molecule has 1 aliphatic rings. The number of amides is 1. The number of nitrogens with zero attached hydrogens (tertiary/aromatic N) is 2. The van der Waals surface area contributed by atoms with Gasteiger partial charge >= 0.3 is 0 Å². The summed E-state index contributed by atoms with van der Waals surface area (Å²) < 4.78 is 0. The number of hydrogen-bond donors (Lipinski definition) is 2. The van der Waals surface area contributed by atoms with Crippen LogP contribution in [-0.4, -0.2) is 55.0 Å². The van der Waals surface area contributed by atoms with Crippen molar-refractivity contribution < 1.29 is 4.79 Å². The van der Waals surface area contributed by atoms with Crippen molar-refractivity contribution in [1.29, 1.82) is 0 Å². The second kappa shape index (κ2) is 13.8. The number of piperazine rings is 1.